The van der Waals surface area contributed by atoms with Crippen molar-refractivity contribution in [3.63, 3.8) is 0 Å². The largest absolute Gasteiger partial charge is 0.303 e. The number of rotatable bonds is 2. The molecule has 3 rings (SSSR count). The van der Waals surface area contributed by atoms with Crippen molar-refractivity contribution in [3.8, 4) is 0 Å². The average molecular weight is 240 g/mol. The van der Waals surface area contributed by atoms with E-state index in [1.165, 1.54) is 12.1 Å². The molecule has 0 spiro atoms. The first kappa shape index (κ1) is 11.0. The van der Waals surface area contributed by atoms with Gasteiger partial charge in [0.2, 0.25) is 0 Å². The van der Waals surface area contributed by atoms with Crippen molar-refractivity contribution in [2.75, 3.05) is 0 Å². The Morgan fingerprint density at radius 3 is 2.67 bits per heavy atom. The SMILES string of the molecule is CC(c1ccc(F)cc1)c1cccc2cncn12. The van der Waals surface area contributed by atoms with E-state index >= 15 is 0 Å². The first-order valence-electron chi connectivity index (χ1n) is 5.92. The van der Waals surface area contributed by atoms with E-state index in [-0.39, 0.29) is 11.7 Å². The Morgan fingerprint density at radius 1 is 1.11 bits per heavy atom. The summed E-state index contributed by atoms with van der Waals surface area (Å²) in [6, 6.07) is 12.8. The number of hydrogen-bond donors (Lipinski definition) is 0. The lowest BCUT2D eigenvalue weighted by molar-refractivity contribution is 0.626. The molecule has 2 aromatic heterocycles. The fraction of sp³-hybridized carbons (Fsp3) is 0.133. The third kappa shape index (κ3) is 1.78. The molecule has 0 aliphatic rings. The van der Waals surface area contributed by atoms with Gasteiger partial charge in [-0.3, -0.25) is 0 Å². The van der Waals surface area contributed by atoms with Gasteiger partial charge >= 0.3 is 0 Å². The first-order valence-corrected chi connectivity index (χ1v) is 5.92. The molecular formula is C15H13FN2. The topological polar surface area (TPSA) is 17.3 Å². The number of aromatic nitrogens is 2. The van der Waals surface area contributed by atoms with Crippen molar-refractivity contribution in [2.24, 2.45) is 0 Å². The maximum Gasteiger partial charge on any atom is 0.123 e. The van der Waals surface area contributed by atoms with Crippen LogP contribution in [0.15, 0.2) is 55.0 Å². The second kappa shape index (κ2) is 4.26. The highest BCUT2D eigenvalue weighted by molar-refractivity contribution is 5.47. The fourth-order valence-corrected chi connectivity index (χ4v) is 2.25. The van der Waals surface area contributed by atoms with Gasteiger partial charge in [0.15, 0.2) is 0 Å². The van der Waals surface area contributed by atoms with E-state index in [1.54, 1.807) is 0 Å². The zero-order valence-corrected chi connectivity index (χ0v) is 10.0. The van der Waals surface area contributed by atoms with Crippen molar-refractivity contribution >= 4 is 5.52 Å². The van der Waals surface area contributed by atoms with E-state index in [1.807, 2.05) is 36.8 Å². The van der Waals surface area contributed by atoms with Gasteiger partial charge in [-0.15, -0.1) is 0 Å². The Bertz CT molecular complexity index is 670. The highest BCUT2D eigenvalue weighted by atomic mass is 19.1. The minimum absolute atomic E-state index is 0.198. The molecule has 2 nitrogen and oxygen atoms in total. The van der Waals surface area contributed by atoms with Crippen molar-refractivity contribution in [2.45, 2.75) is 12.8 Å². The fourth-order valence-electron chi connectivity index (χ4n) is 2.25. The lowest BCUT2D eigenvalue weighted by Gasteiger charge is -2.14. The summed E-state index contributed by atoms with van der Waals surface area (Å²) < 4.78 is 15.0. The summed E-state index contributed by atoms with van der Waals surface area (Å²) >= 11 is 0. The molecule has 1 unspecified atom stereocenters. The molecule has 2 heterocycles. The monoisotopic (exact) mass is 240 g/mol. The maximum absolute atomic E-state index is 12.9. The van der Waals surface area contributed by atoms with Crippen LogP contribution in [0.5, 0.6) is 0 Å². The number of hydrogen-bond acceptors (Lipinski definition) is 1. The van der Waals surface area contributed by atoms with Crippen molar-refractivity contribution in [1.82, 2.24) is 9.38 Å². The van der Waals surface area contributed by atoms with Crippen LogP contribution in [0.3, 0.4) is 0 Å². The van der Waals surface area contributed by atoms with Crippen molar-refractivity contribution in [1.29, 1.82) is 0 Å². The minimum atomic E-state index is -0.202. The molecule has 0 radical (unpaired) electrons. The lowest BCUT2D eigenvalue weighted by Crippen LogP contribution is -2.02. The van der Waals surface area contributed by atoms with Gasteiger partial charge in [-0.25, -0.2) is 9.37 Å². The second-order valence-corrected chi connectivity index (χ2v) is 4.41. The normalized spacial score (nSPS) is 12.8. The van der Waals surface area contributed by atoms with Gasteiger partial charge in [-0.05, 0) is 29.8 Å². The average Bonchev–Trinajstić information content (AvgIpc) is 2.87. The molecule has 0 bridgehead atoms. The third-order valence-electron chi connectivity index (χ3n) is 3.29. The van der Waals surface area contributed by atoms with E-state index in [0.29, 0.717) is 0 Å². The Hall–Kier alpha value is -2.16. The molecule has 18 heavy (non-hydrogen) atoms. The summed E-state index contributed by atoms with van der Waals surface area (Å²) in [5, 5.41) is 0. The van der Waals surface area contributed by atoms with E-state index in [0.717, 1.165) is 16.8 Å². The summed E-state index contributed by atoms with van der Waals surface area (Å²) in [5.74, 6) is -0.00436. The van der Waals surface area contributed by atoms with E-state index in [4.69, 9.17) is 0 Å². The Balaban J connectivity index is 2.08. The molecule has 0 saturated carbocycles. The van der Waals surface area contributed by atoms with Gasteiger partial charge in [0.05, 0.1) is 18.0 Å². The van der Waals surface area contributed by atoms with Crippen LogP contribution in [-0.2, 0) is 0 Å². The number of imidazole rings is 1. The van der Waals surface area contributed by atoms with Crippen LogP contribution >= 0.6 is 0 Å². The zero-order chi connectivity index (χ0) is 12.5. The molecular weight excluding hydrogens is 227 g/mol. The van der Waals surface area contributed by atoms with Crippen LogP contribution in [0.1, 0.15) is 24.1 Å². The van der Waals surface area contributed by atoms with Gasteiger partial charge in [0.1, 0.15) is 5.82 Å². The van der Waals surface area contributed by atoms with Gasteiger partial charge in [0.25, 0.3) is 0 Å². The van der Waals surface area contributed by atoms with E-state index < -0.39 is 0 Å². The molecule has 90 valence electrons. The first-order chi connectivity index (χ1) is 8.75. The number of nitrogens with zero attached hydrogens (tertiary/aromatic N) is 2. The van der Waals surface area contributed by atoms with Crippen LogP contribution in [0.2, 0.25) is 0 Å². The predicted molar refractivity (Wildman–Crippen MR) is 69.1 cm³/mol. The smallest absolute Gasteiger partial charge is 0.123 e. The molecule has 0 aliphatic heterocycles. The van der Waals surface area contributed by atoms with Crippen LogP contribution in [0, 0.1) is 5.82 Å². The zero-order valence-electron chi connectivity index (χ0n) is 10.0. The summed E-state index contributed by atoms with van der Waals surface area (Å²) in [6.45, 7) is 2.11. The summed E-state index contributed by atoms with van der Waals surface area (Å²) in [6.07, 6.45) is 3.64. The second-order valence-electron chi connectivity index (χ2n) is 4.41. The minimum Gasteiger partial charge on any atom is -0.303 e. The summed E-state index contributed by atoms with van der Waals surface area (Å²) in [5.41, 5.74) is 3.32. The van der Waals surface area contributed by atoms with Crippen molar-refractivity contribution < 1.29 is 4.39 Å². The van der Waals surface area contributed by atoms with Gasteiger partial charge < -0.3 is 4.40 Å². The standard InChI is InChI=1S/C15H13FN2/c1-11(12-5-7-13(16)8-6-12)15-4-2-3-14-9-17-10-18(14)15/h2-11H,1H3. The molecule has 1 aromatic carbocycles. The van der Waals surface area contributed by atoms with E-state index in [2.05, 4.69) is 22.4 Å². The molecule has 0 fully saturated rings. The van der Waals surface area contributed by atoms with Gasteiger partial charge in [-0.2, -0.15) is 0 Å². The maximum atomic E-state index is 12.9. The Kier molecular flexibility index (Phi) is 2.59. The van der Waals surface area contributed by atoms with Crippen molar-refractivity contribution in [3.05, 3.63) is 72.1 Å². The molecule has 0 amide bonds. The van der Waals surface area contributed by atoms with Gasteiger partial charge in [0, 0.05) is 11.6 Å². The number of benzene rings is 1. The van der Waals surface area contributed by atoms with Crippen LogP contribution in [0.4, 0.5) is 4.39 Å². The quantitative estimate of drug-likeness (QED) is 0.668. The van der Waals surface area contributed by atoms with Crippen LogP contribution < -0.4 is 0 Å². The Morgan fingerprint density at radius 2 is 1.89 bits per heavy atom. The highest BCUT2D eigenvalue weighted by Gasteiger charge is 2.11. The molecule has 0 aliphatic carbocycles. The molecule has 0 N–H and O–H groups in total. The molecule has 1 atom stereocenters. The van der Waals surface area contributed by atoms with Gasteiger partial charge in [-0.1, -0.05) is 25.1 Å². The summed E-state index contributed by atoms with van der Waals surface area (Å²) in [4.78, 5) is 4.16. The Labute approximate surface area is 105 Å². The lowest BCUT2D eigenvalue weighted by atomic mass is 9.97. The third-order valence-corrected chi connectivity index (χ3v) is 3.29. The van der Waals surface area contributed by atoms with Crippen LogP contribution in [0.25, 0.3) is 5.52 Å². The summed E-state index contributed by atoms with van der Waals surface area (Å²) in [7, 11) is 0. The number of pyridine rings is 1. The molecule has 0 saturated heterocycles. The predicted octanol–water partition coefficient (Wildman–Crippen LogP) is 3.63. The number of fused-ring (bicyclic) bond motifs is 1. The van der Waals surface area contributed by atoms with Crippen LogP contribution in [-0.4, -0.2) is 9.38 Å². The molecule has 3 aromatic rings. The highest BCUT2D eigenvalue weighted by Crippen LogP contribution is 2.24. The molecule has 3 heteroatoms. The number of halogens is 1. The van der Waals surface area contributed by atoms with E-state index in [9.17, 15) is 4.39 Å².